The van der Waals surface area contributed by atoms with Crippen LogP contribution < -0.4 is 5.32 Å². The molecule has 20 heavy (non-hydrogen) atoms. The molecule has 0 amide bonds. The lowest BCUT2D eigenvalue weighted by molar-refractivity contribution is 0.547. The maximum Gasteiger partial charge on any atom is 0.187 e. The van der Waals surface area contributed by atoms with E-state index in [0.29, 0.717) is 11.3 Å². The van der Waals surface area contributed by atoms with E-state index in [9.17, 15) is 0 Å². The van der Waals surface area contributed by atoms with Crippen molar-refractivity contribution in [3.8, 4) is 0 Å². The fourth-order valence-electron chi connectivity index (χ4n) is 2.13. The summed E-state index contributed by atoms with van der Waals surface area (Å²) in [6, 6.07) is 10.9. The van der Waals surface area contributed by atoms with Crippen LogP contribution in [0.4, 0.5) is 0 Å². The van der Waals surface area contributed by atoms with Crippen molar-refractivity contribution in [1.82, 2.24) is 15.3 Å². The minimum absolute atomic E-state index is 0.300. The summed E-state index contributed by atoms with van der Waals surface area (Å²) in [5, 5.41) is 4.75. The van der Waals surface area contributed by atoms with Gasteiger partial charge in [-0.3, -0.25) is 0 Å². The summed E-state index contributed by atoms with van der Waals surface area (Å²) in [6.45, 7) is 7.41. The summed E-state index contributed by atoms with van der Waals surface area (Å²) >= 11 is 1.71. The second kappa shape index (κ2) is 7.41. The molecule has 1 aromatic heterocycles. The predicted molar refractivity (Wildman–Crippen MR) is 84.9 cm³/mol. The van der Waals surface area contributed by atoms with Gasteiger partial charge in [0.1, 0.15) is 0 Å². The molecule has 3 nitrogen and oxygen atoms in total. The van der Waals surface area contributed by atoms with Crippen LogP contribution >= 0.6 is 11.8 Å². The first-order valence-corrected chi connectivity index (χ1v) is 7.82. The number of hydrogen-bond acceptors (Lipinski definition) is 4. The standard InChI is InChI=1S/C16H21N3S/c1-4-17-15(14-8-6-12(2)7-9-14)13(3)20-16-18-10-5-11-19-16/h5-11,13,15,17H,4H2,1-3H3. The average Bonchev–Trinajstić information content (AvgIpc) is 2.47. The molecule has 0 aliphatic heterocycles. The Balaban J connectivity index is 2.13. The van der Waals surface area contributed by atoms with Gasteiger partial charge < -0.3 is 5.32 Å². The summed E-state index contributed by atoms with van der Waals surface area (Å²) in [5.41, 5.74) is 2.60. The molecule has 4 heteroatoms. The molecular formula is C16H21N3S. The van der Waals surface area contributed by atoms with Gasteiger partial charge in [-0.25, -0.2) is 9.97 Å². The molecule has 2 atom stereocenters. The van der Waals surface area contributed by atoms with Crippen molar-refractivity contribution in [2.75, 3.05) is 6.54 Å². The van der Waals surface area contributed by atoms with Crippen molar-refractivity contribution in [2.45, 2.75) is 37.2 Å². The van der Waals surface area contributed by atoms with Crippen LogP contribution in [0.15, 0.2) is 47.9 Å². The lowest BCUT2D eigenvalue weighted by Crippen LogP contribution is -2.28. The van der Waals surface area contributed by atoms with Crippen molar-refractivity contribution < 1.29 is 0 Å². The highest BCUT2D eigenvalue weighted by Gasteiger charge is 2.20. The van der Waals surface area contributed by atoms with Crippen LogP contribution in [0.2, 0.25) is 0 Å². The van der Waals surface area contributed by atoms with Crippen LogP contribution in [0.3, 0.4) is 0 Å². The summed E-state index contributed by atoms with van der Waals surface area (Å²) in [5.74, 6) is 0. The van der Waals surface area contributed by atoms with Gasteiger partial charge >= 0.3 is 0 Å². The topological polar surface area (TPSA) is 37.8 Å². The predicted octanol–water partition coefficient (Wildman–Crippen LogP) is 3.62. The number of rotatable bonds is 6. The molecule has 1 aromatic carbocycles. The lowest BCUT2D eigenvalue weighted by Gasteiger charge is -2.24. The van der Waals surface area contributed by atoms with E-state index in [1.54, 1.807) is 24.2 Å². The number of nitrogens with one attached hydrogen (secondary N) is 1. The first kappa shape index (κ1) is 15.0. The molecular weight excluding hydrogens is 266 g/mol. The molecule has 2 rings (SSSR count). The number of aryl methyl sites for hydroxylation is 1. The highest BCUT2D eigenvalue weighted by molar-refractivity contribution is 7.99. The smallest absolute Gasteiger partial charge is 0.187 e. The third kappa shape index (κ3) is 4.05. The number of aromatic nitrogens is 2. The zero-order chi connectivity index (χ0) is 14.4. The molecule has 0 aliphatic rings. The van der Waals surface area contributed by atoms with Gasteiger partial charge in [0.15, 0.2) is 5.16 Å². The first-order valence-electron chi connectivity index (χ1n) is 6.94. The van der Waals surface area contributed by atoms with Gasteiger partial charge in [-0.15, -0.1) is 0 Å². The van der Waals surface area contributed by atoms with Crippen LogP contribution in [0.5, 0.6) is 0 Å². The summed E-state index contributed by atoms with van der Waals surface area (Å²) in [4.78, 5) is 8.59. The number of hydrogen-bond donors (Lipinski definition) is 1. The molecule has 0 radical (unpaired) electrons. The van der Waals surface area contributed by atoms with Crippen molar-refractivity contribution in [3.05, 3.63) is 53.9 Å². The Morgan fingerprint density at radius 3 is 2.40 bits per heavy atom. The monoisotopic (exact) mass is 287 g/mol. The zero-order valence-electron chi connectivity index (χ0n) is 12.2. The van der Waals surface area contributed by atoms with Crippen LogP contribution in [0.25, 0.3) is 0 Å². The fraction of sp³-hybridized carbons (Fsp3) is 0.375. The van der Waals surface area contributed by atoms with Crippen molar-refractivity contribution in [1.29, 1.82) is 0 Å². The molecule has 0 spiro atoms. The van der Waals surface area contributed by atoms with E-state index in [4.69, 9.17) is 0 Å². The van der Waals surface area contributed by atoms with Gasteiger partial charge in [-0.1, -0.05) is 55.4 Å². The Labute approximate surface area is 125 Å². The first-order chi connectivity index (χ1) is 9.70. The van der Waals surface area contributed by atoms with E-state index in [1.807, 2.05) is 6.07 Å². The number of benzene rings is 1. The SMILES string of the molecule is CCNC(c1ccc(C)cc1)C(C)Sc1ncccn1. The van der Waals surface area contributed by atoms with Crippen LogP contribution in [0, 0.1) is 6.92 Å². The molecule has 0 aliphatic carbocycles. The minimum Gasteiger partial charge on any atom is -0.309 e. The summed E-state index contributed by atoms with van der Waals surface area (Å²) in [7, 11) is 0. The highest BCUT2D eigenvalue weighted by Crippen LogP contribution is 2.30. The molecule has 0 saturated heterocycles. The largest absolute Gasteiger partial charge is 0.309 e. The Morgan fingerprint density at radius 2 is 1.80 bits per heavy atom. The molecule has 1 N–H and O–H groups in total. The van der Waals surface area contributed by atoms with E-state index in [1.165, 1.54) is 11.1 Å². The van der Waals surface area contributed by atoms with E-state index in [2.05, 4.69) is 60.3 Å². The Kier molecular flexibility index (Phi) is 5.56. The van der Waals surface area contributed by atoms with Crippen LogP contribution in [-0.2, 0) is 0 Å². The van der Waals surface area contributed by atoms with Gasteiger partial charge in [-0.05, 0) is 25.1 Å². The van der Waals surface area contributed by atoms with Crippen molar-refractivity contribution in [2.24, 2.45) is 0 Å². The summed E-state index contributed by atoms with van der Waals surface area (Å²) in [6.07, 6.45) is 3.58. The Hall–Kier alpha value is -1.39. The molecule has 2 unspecified atom stereocenters. The van der Waals surface area contributed by atoms with E-state index in [0.717, 1.165) is 11.7 Å². The molecule has 0 bridgehead atoms. The maximum absolute atomic E-state index is 4.29. The highest BCUT2D eigenvalue weighted by atomic mass is 32.2. The minimum atomic E-state index is 0.300. The molecule has 2 aromatic rings. The van der Waals surface area contributed by atoms with Crippen LogP contribution in [0.1, 0.15) is 31.0 Å². The maximum atomic E-state index is 4.29. The molecule has 1 heterocycles. The lowest BCUT2D eigenvalue weighted by atomic mass is 10.0. The third-order valence-corrected chi connectivity index (χ3v) is 4.23. The molecule has 106 valence electrons. The van der Waals surface area contributed by atoms with E-state index in [-0.39, 0.29) is 0 Å². The normalized spacial score (nSPS) is 13.9. The Morgan fingerprint density at radius 1 is 1.15 bits per heavy atom. The van der Waals surface area contributed by atoms with Gasteiger partial charge in [0, 0.05) is 23.7 Å². The van der Waals surface area contributed by atoms with E-state index < -0.39 is 0 Å². The van der Waals surface area contributed by atoms with Gasteiger partial charge in [0.2, 0.25) is 0 Å². The molecule has 0 fully saturated rings. The van der Waals surface area contributed by atoms with Crippen molar-refractivity contribution >= 4 is 11.8 Å². The van der Waals surface area contributed by atoms with Gasteiger partial charge in [0.05, 0.1) is 0 Å². The Bertz CT molecular complexity index is 513. The number of thioether (sulfide) groups is 1. The van der Waals surface area contributed by atoms with Gasteiger partial charge in [0.25, 0.3) is 0 Å². The second-order valence-electron chi connectivity index (χ2n) is 4.80. The zero-order valence-corrected chi connectivity index (χ0v) is 13.0. The van der Waals surface area contributed by atoms with E-state index >= 15 is 0 Å². The number of nitrogens with zero attached hydrogens (tertiary/aromatic N) is 2. The second-order valence-corrected chi connectivity index (χ2v) is 6.14. The van der Waals surface area contributed by atoms with Crippen LogP contribution in [-0.4, -0.2) is 21.8 Å². The quantitative estimate of drug-likeness (QED) is 0.650. The molecule has 0 saturated carbocycles. The van der Waals surface area contributed by atoms with Gasteiger partial charge in [-0.2, -0.15) is 0 Å². The third-order valence-electron chi connectivity index (χ3n) is 3.16. The average molecular weight is 287 g/mol. The van der Waals surface area contributed by atoms with Crippen molar-refractivity contribution in [3.63, 3.8) is 0 Å². The summed E-state index contributed by atoms with van der Waals surface area (Å²) < 4.78 is 0. The fourth-order valence-corrected chi connectivity index (χ4v) is 3.09.